The van der Waals surface area contributed by atoms with Crippen LogP contribution in [-0.4, -0.2) is 9.67 Å². The van der Waals surface area contributed by atoms with Crippen LogP contribution >= 0.6 is 0 Å². The second kappa shape index (κ2) is 5.20. The predicted molar refractivity (Wildman–Crippen MR) is 59.1 cm³/mol. The van der Waals surface area contributed by atoms with Crippen molar-refractivity contribution in [3.63, 3.8) is 0 Å². The van der Waals surface area contributed by atoms with Gasteiger partial charge in [0.25, 0.3) is 0 Å². The fourth-order valence-electron chi connectivity index (χ4n) is 1.44. The van der Waals surface area contributed by atoms with E-state index >= 15 is 0 Å². The minimum Gasteiger partial charge on any atom is -0.388 e. The third-order valence-electron chi connectivity index (χ3n) is 2.51. The van der Waals surface area contributed by atoms with Crippen molar-refractivity contribution in [2.24, 2.45) is 5.92 Å². The first-order valence-corrected chi connectivity index (χ1v) is 5.47. The Bertz CT molecular complexity index is 265. The van der Waals surface area contributed by atoms with E-state index in [4.69, 9.17) is 0 Å². The number of rotatable bonds is 5. The first-order valence-electron chi connectivity index (χ1n) is 5.47. The summed E-state index contributed by atoms with van der Waals surface area (Å²) in [6.07, 6.45) is 5.79. The van der Waals surface area contributed by atoms with Crippen LogP contribution < -0.4 is 0 Å². The van der Waals surface area contributed by atoms with E-state index in [0.717, 1.165) is 24.4 Å². The van der Waals surface area contributed by atoms with Crippen LogP contribution in [0.25, 0.3) is 0 Å². The number of aliphatic hydroxyl groups is 1. The average molecular weight is 195 g/mol. The Balaban J connectivity index is 2.50. The van der Waals surface area contributed by atoms with Crippen LogP contribution in [0.5, 0.6) is 0 Å². The average Bonchev–Trinajstić information content (AvgIpc) is 2.62. The lowest BCUT2D eigenvalue weighted by Crippen LogP contribution is -1.99. The molecule has 1 aromatic heterocycles. The van der Waals surface area contributed by atoms with E-state index < -0.39 is 0 Å². The van der Waals surface area contributed by atoms with E-state index in [1.807, 2.05) is 13.0 Å². The molecular formula is C12H21NO. The van der Waals surface area contributed by atoms with Crippen LogP contribution in [0.3, 0.4) is 0 Å². The number of nitrogens with zero attached hydrogens (tertiary/aromatic N) is 1. The summed E-state index contributed by atoms with van der Waals surface area (Å²) in [5.74, 6) is 0.733. The van der Waals surface area contributed by atoms with Crippen LogP contribution in [0.15, 0.2) is 18.5 Å². The van der Waals surface area contributed by atoms with E-state index in [1.165, 1.54) is 6.42 Å². The van der Waals surface area contributed by atoms with Crippen molar-refractivity contribution in [1.82, 2.24) is 4.57 Å². The Morgan fingerprint density at radius 2 is 2.14 bits per heavy atom. The highest BCUT2D eigenvalue weighted by molar-refractivity contribution is 5.13. The molecule has 0 bridgehead atoms. The van der Waals surface area contributed by atoms with Crippen molar-refractivity contribution in [1.29, 1.82) is 0 Å². The molecule has 1 rings (SSSR count). The molecule has 1 aromatic rings. The highest BCUT2D eigenvalue weighted by atomic mass is 16.3. The summed E-state index contributed by atoms with van der Waals surface area (Å²) in [6.45, 7) is 7.50. The molecule has 2 nitrogen and oxygen atoms in total. The molecule has 0 aliphatic heterocycles. The van der Waals surface area contributed by atoms with Crippen molar-refractivity contribution in [3.05, 3.63) is 24.0 Å². The fourth-order valence-corrected chi connectivity index (χ4v) is 1.44. The number of hydrogen-bond acceptors (Lipinski definition) is 1. The summed E-state index contributed by atoms with van der Waals surface area (Å²) in [6, 6.07) is 2.01. The SMILES string of the molecule is CCC(O)c1ccn(CCC(C)C)c1. The summed E-state index contributed by atoms with van der Waals surface area (Å²) in [7, 11) is 0. The highest BCUT2D eigenvalue weighted by Crippen LogP contribution is 2.16. The van der Waals surface area contributed by atoms with Crippen molar-refractivity contribution in [2.45, 2.75) is 46.3 Å². The molecule has 0 aromatic carbocycles. The molecule has 1 atom stereocenters. The zero-order valence-electron chi connectivity index (χ0n) is 9.40. The molecule has 1 heterocycles. The highest BCUT2D eigenvalue weighted by Gasteiger charge is 2.06. The summed E-state index contributed by atoms with van der Waals surface area (Å²) in [5, 5.41) is 9.61. The first kappa shape index (κ1) is 11.3. The van der Waals surface area contributed by atoms with E-state index in [-0.39, 0.29) is 6.10 Å². The van der Waals surface area contributed by atoms with Crippen LogP contribution in [0.2, 0.25) is 0 Å². The maximum atomic E-state index is 9.61. The standard InChI is InChI=1S/C12H21NO/c1-4-12(14)11-6-8-13(9-11)7-5-10(2)3/h6,8-10,12,14H,4-5,7H2,1-3H3. The van der Waals surface area contributed by atoms with Crippen LogP contribution in [0, 0.1) is 5.92 Å². The van der Waals surface area contributed by atoms with Crippen molar-refractivity contribution < 1.29 is 5.11 Å². The molecule has 0 fully saturated rings. The molecule has 1 unspecified atom stereocenters. The van der Waals surface area contributed by atoms with Crippen LogP contribution in [0.1, 0.15) is 45.3 Å². The normalized spacial score (nSPS) is 13.5. The van der Waals surface area contributed by atoms with Gasteiger partial charge in [-0.25, -0.2) is 0 Å². The number of aryl methyl sites for hydroxylation is 1. The molecular weight excluding hydrogens is 174 g/mol. The third kappa shape index (κ3) is 3.18. The zero-order valence-corrected chi connectivity index (χ0v) is 9.40. The van der Waals surface area contributed by atoms with Gasteiger partial charge in [0.05, 0.1) is 6.10 Å². The van der Waals surface area contributed by atoms with Crippen LogP contribution in [-0.2, 0) is 6.54 Å². The minimum atomic E-state index is -0.296. The Kier molecular flexibility index (Phi) is 4.21. The maximum absolute atomic E-state index is 9.61. The van der Waals surface area contributed by atoms with E-state index in [1.54, 1.807) is 0 Å². The smallest absolute Gasteiger partial charge is 0.0802 e. The molecule has 0 spiro atoms. The number of aliphatic hydroxyl groups excluding tert-OH is 1. The second-order valence-corrected chi connectivity index (χ2v) is 4.29. The molecule has 1 N–H and O–H groups in total. The van der Waals surface area contributed by atoms with Gasteiger partial charge in [0.2, 0.25) is 0 Å². The van der Waals surface area contributed by atoms with E-state index in [0.29, 0.717) is 0 Å². The van der Waals surface area contributed by atoms with Gasteiger partial charge >= 0.3 is 0 Å². The van der Waals surface area contributed by atoms with Gasteiger partial charge in [0, 0.05) is 18.9 Å². The monoisotopic (exact) mass is 195 g/mol. The lowest BCUT2D eigenvalue weighted by Gasteiger charge is -2.06. The van der Waals surface area contributed by atoms with Crippen molar-refractivity contribution >= 4 is 0 Å². The molecule has 2 heteroatoms. The van der Waals surface area contributed by atoms with Gasteiger partial charge < -0.3 is 9.67 Å². The van der Waals surface area contributed by atoms with Gasteiger partial charge in [-0.05, 0) is 30.4 Å². The van der Waals surface area contributed by atoms with Gasteiger partial charge in [-0.3, -0.25) is 0 Å². The topological polar surface area (TPSA) is 25.2 Å². The Labute approximate surface area is 86.6 Å². The van der Waals surface area contributed by atoms with Gasteiger partial charge in [0.15, 0.2) is 0 Å². The Morgan fingerprint density at radius 3 is 2.71 bits per heavy atom. The van der Waals surface area contributed by atoms with Gasteiger partial charge in [-0.15, -0.1) is 0 Å². The minimum absolute atomic E-state index is 0.296. The number of hydrogen-bond donors (Lipinski definition) is 1. The van der Waals surface area contributed by atoms with Crippen molar-refractivity contribution in [2.75, 3.05) is 0 Å². The molecule has 0 aliphatic carbocycles. The quantitative estimate of drug-likeness (QED) is 0.767. The van der Waals surface area contributed by atoms with Gasteiger partial charge in [-0.1, -0.05) is 20.8 Å². The first-order chi connectivity index (χ1) is 6.63. The summed E-state index contributed by atoms with van der Waals surface area (Å²) in [4.78, 5) is 0. The lowest BCUT2D eigenvalue weighted by atomic mass is 10.1. The summed E-state index contributed by atoms with van der Waals surface area (Å²) in [5.41, 5.74) is 1.04. The molecule has 0 saturated heterocycles. The predicted octanol–water partition coefficient (Wildman–Crippen LogP) is 2.98. The number of aromatic nitrogens is 1. The molecule has 0 saturated carbocycles. The zero-order chi connectivity index (χ0) is 10.6. The molecule has 80 valence electrons. The van der Waals surface area contributed by atoms with E-state index in [9.17, 15) is 5.11 Å². The molecule has 0 amide bonds. The van der Waals surface area contributed by atoms with Crippen LogP contribution in [0.4, 0.5) is 0 Å². The third-order valence-corrected chi connectivity index (χ3v) is 2.51. The fraction of sp³-hybridized carbons (Fsp3) is 0.667. The molecule has 0 aliphatic rings. The largest absolute Gasteiger partial charge is 0.388 e. The van der Waals surface area contributed by atoms with Crippen molar-refractivity contribution in [3.8, 4) is 0 Å². The Hall–Kier alpha value is -0.760. The second-order valence-electron chi connectivity index (χ2n) is 4.29. The maximum Gasteiger partial charge on any atom is 0.0802 e. The molecule has 0 radical (unpaired) electrons. The summed E-state index contributed by atoms with van der Waals surface area (Å²) >= 11 is 0. The summed E-state index contributed by atoms with van der Waals surface area (Å²) < 4.78 is 2.16. The van der Waals surface area contributed by atoms with Gasteiger partial charge in [0.1, 0.15) is 0 Å². The molecule has 14 heavy (non-hydrogen) atoms. The van der Waals surface area contributed by atoms with E-state index in [2.05, 4.69) is 30.8 Å². The lowest BCUT2D eigenvalue weighted by molar-refractivity contribution is 0.173. The van der Waals surface area contributed by atoms with Gasteiger partial charge in [-0.2, -0.15) is 0 Å². The Morgan fingerprint density at radius 1 is 1.43 bits per heavy atom.